The summed E-state index contributed by atoms with van der Waals surface area (Å²) in [4.78, 5) is 44.8. The first-order valence-electron chi connectivity index (χ1n) is 11.4. The van der Waals surface area contributed by atoms with E-state index in [9.17, 15) is 14.4 Å². The zero-order chi connectivity index (χ0) is 25.9. The Kier molecular flexibility index (Phi) is 6.22. The Labute approximate surface area is 211 Å². The van der Waals surface area contributed by atoms with Crippen molar-refractivity contribution in [3.05, 3.63) is 123 Å². The van der Waals surface area contributed by atoms with Gasteiger partial charge in [0.05, 0.1) is 43.8 Å². The van der Waals surface area contributed by atoms with Crippen molar-refractivity contribution in [1.82, 2.24) is 18.7 Å². The van der Waals surface area contributed by atoms with Crippen molar-refractivity contribution in [3.63, 3.8) is 0 Å². The quantitative estimate of drug-likeness (QED) is 0.323. The van der Waals surface area contributed by atoms with E-state index in [1.807, 2.05) is 36.4 Å². The molecule has 0 saturated carbocycles. The number of carbonyl (C=O) groups is 1. The molecule has 0 amide bonds. The molecule has 5 rings (SSSR count). The molecule has 0 N–H and O–H groups in total. The van der Waals surface area contributed by atoms with Crippen LogP contribution in [0.4, 0.5) is 0 Å². The van der Waals surface area contributed by atoms with Crippen LogP contribution < -0.4 is 16.0 Å². The lowest BCUT2D eigenvalue weighted by Gasteiger charge is -2.15. The Hall–Kier alpha value is -5.23. The van der Waals surface area contributed by atoms with Crippen molar-refractivity contribution in [2.75, 3.05) is 7.11 Å². The summed E-state index contributed by atoms with van der Waals surface area (Å²) in [6, 6.07) is 24.4. The third-order valence-electron chi connectivity index (χ3n) is 6.06. The van der Waals surface area contributed by atoms with Gasteiger partial charge in [0.15, 0.2) is 16.9 Å². The van der Waals surface area contributed by atoms with Crippen LogP contribution in [0.1, 0.15) is 21.5 Å². The number of nitriles is 1. The van der Waals surface area contributed by atoms with Gasteiger partial charge in [-0.2, -0.15) is 5.26 Å². The van der Waals surface area contributed by atoms with E-state index in [0.29, 0.717) is 22.6 Å². The Morgan fingerprint density at radius 1 is 0.973 bits per heavy atom. The van der Waals surface area contributed by atoms with Gasteiger partial charge in [0, 0.05) is 5.56 Å². The molecule has 9 nitrogen and oxygen atoms in total. The second-order valence-electron chi connectivity index (χ2n) is 8.32. The average Bonchev–Trinajstić information content (AvgIpc) is 3.35. The van der Waals surface area contributed by atoms with Crippen molar-refractivity contribution in [2.24, 2.45) is 0 Å². The lowest BCUT2D eigenvalue weighted by Crippen LogP contribution is -2.40. The summed E-state index contributed by atoms with van der Waals surface area (Å²) < 4.78 is 9.40. The molecule has 0 aliphatic rings. The molecule has 2 heterocycles. The fourth-order valence-corrected chi connectivity index (χ4v) is 4.21. The summed E-state index contributed by atoms with van der Waals surface area (Å²) in [7, 11) is 1.50. The third kappa shape index (κ3) is 4.32. The highest BCUT2D eigenvalue weighted by molar-refractivity contribution is 5.96. The highest BCUT2D eigenvalue weighted by Gasteiger charge is 2.22. The summed E-state index contributed by atoms with van der Waals surface area (Å²) in [5.41, 5.74) is 1.13. The number of carbonyl (C=O) groups excluding carboxylic acids is 1. The number of Topliss-reactive ketones (excluding diaryl/α,β-unsaturated/α-hetero) is 1. The van der Waals surface area contributed by atoms with E-state index >= 15 is 0 Å². The maximum Gasteiger partial charge on any atom is 0.337 e. The first kappa shape index (κ1) is 23.5. The summed E-state index contributed by atoms with van der Waals surface area (Å²) in [6.07, 6.45) is 1.38. The van der Waals surface area contributed by atoms with Crippen molar-refractivity contribution in [2.45, 2.75) is 13.1 Å². The standard InChI is InChI=1S/C28H21N5O4/c1-37-24-10-6-5-9-22(24)33-26-25(27(35)32(28(33)36)16-20-7-3-2-4-8-20)31(18-30-26)17-23(34)21-13-11-19(15-29)12-14-21/h2-14,18H,16-17H2,1H3. The maximum absolute atomic E-state index is 13.7. The van der Waals surface area contributed by atoms with Gasteiger partial charge in [-0.1, -0.05) is 54.6 Å². The number of nitrogens with zero attached hydrogens (tertiary/aromatic N) is 5. The molecule has 9 heteroatoms. The number of para-hydroxylation sites is 2. The van der Waals surface area contributed by atoms with Crippen LogP contribution in [-0.4, -0.2) is 31.6 Å². The molecule has 0 unspecified atom stereocenters. The monoisotopic (exact) mass is 491 g/mol. The Balaban J connectivity index is 1.71. The molecular formula is C28H21N5O4. The predicted octanol–water partition coefficient (Wildman–Crippen LogP) is 3.16. The molecule has 0 spiro atoms. The smallest absolute Gasteiger partial charge is 0.337 e. The minimum atomic E-state index is -0.575. The largest absolute Gasteiger partial charge is 0.495 e. The normalized spacial score (nSPS) is 10.8. The zero-order valence-corrected chi connectivity index (χ0v) is 19.9. The van der Waals surface area contributed by atoms with Crippen molar-refractivity contribution < 1.29 is 9.53 Å². The highest BCUT2D eigenvalue weighted by Crippen LogP contribution is 2.23. The molecule has 5 aromatic rings. The second-order valence-corrected chi connectivity index (χ2v) is 8.32. The number of benzene rings is 3. The molecule has 0 bridgehead atoms. The van der Waals surface area contributed by atoms with E-state index in [0.717, 1.165) is 10.1 Å². The van der Waals surface area contributed by atoms with Gasteiger partial charge in [-0.15, -0.1) is 0 Å². The average molecular weight is 492 g/mol. The van der Waals surface area contributed by atoms with Gasteiger partial charge in [-0.3, -0.25) is 14.2 Å². The van der Waals surface area contributed by atoms with Crippen LogP contribution in [0.3, 0.4) is 0 Å². The Morgan fingerprint density at radius 2 is 1.68 bits per heavy atom. The van der Waals surface area contributed by atoms with Gasteiger partial charge >= 0.3 is 5.69 Å². The van der Waals surface area contributed by atoms with E-state index < -0.39 is 11.2 Å². The number of fused-ring (bicyclic) bond motifs is 1. The minimum Gasteiger partial charge on any atom is -0.495 e. The van der Waals surface area contributed by atoms with Crippen molar-refractivity contribution in [1.29, 1.82) is 5.26 Å². The van der Waals surface area contributed by atoms with Crippen LogP contribution in [0.5, 0.6) is 5.75 Å². The summed E-state index contributed by atoms with van der Waals surface area (Å²) in [6.45, 7) is -0.133. The van der Waals surface area contributed by atoms with Gasteiger partial charge in [0.25, 0.3) is 5.56 Å². The molecule has 2 aromatic heterocycles. The summed E-state index contributed by atoms with van der Waals surface area (Å²) >= 11 is 0. The molecule has 0 atom stereocenters. The van der Waals surface area contributed by atoms with E-state index in [2.05, 4.69) is 4.98 Å². The Bertz CT molecular complexity index is 1770. The van der Waals surface area contributed by atoms with Crippen molar-refractivity contribution >= 4 is 16.9 Å². The summed E-state index contributed by atoms with van der Waals surface area (Å²) in [5, 5.41) is 9.01. The molecular weight excluding hydrogens is 470 g/mol. The van der Waals surface area contributed by atoms with E-state index in [1.54, 1.807) is 48.5 Å². The first-order chi connectivity index (χ1) is 18.0. The van der Waals surface area contributed by atoms with Gasteiger partial charge < -0.3 is 9.30 Å². The fourth-order valence-electron chi connectivity index (χ4n) is 4.21. The first-order valence-corrected chi connectivity index (χ1v) is 11.4. The van der Waals surface area contributed by atoms with Crippen LogP contribution in [0.25, 0.3) is 16.9 Å². The Morgan fingerprint density at radius 3 is 2.38 bits per heavy atom. The van der Waals surface area contributed by atoms with Crippen LogP contribution in [0.2, 0.25) is 0 Å². The molecule has 3 aromatic carbocycles. The number of hydrogen-bond donors (Lipinski definition) is 0. The number of hydrogen-bond acceptors (Lipinski definition) is 6. The number of rotatable bonds is 7. The molecule has 182 valence electrons. The zero-order valence-electron chi connectivity index (χ0n) is 19.9. The maximum atomic E-state index is 13.7. The summed E-state index contributed by atoms with van der Waals surface area (Å²) in [5.74, 6) is 0.159. The van der Waals surface area contributed by atoms with E-state index in [1.165, 1.54) is 22.6 Å². The predicted molar refractivity (Wildman–Crippen MR) is 137 cm³/mol. The van der Waals surface area contributed by atoms with Crippen LogP contribution in [0.15, 0.2) is 94.8 Å². The van der Waals surface area contributed by atoms with Crippen molar-refractivity contribution in [3.8, 4) is 17.5 Å². The third-order valence-corrected chi connectivity index (χ3v) is 6.06. The lowest BCUT2D eigenvalue weighted by molar-refractivity contribution is 0.0973. The number of methoxy groups -OCH3 is 1. The number of ether oxygens (including phenoxy) is 1. The SMILES string of the molecule is COc1ccccc1-n1c(=O)n(Cc2ccccc2)c(=O)c2c1ncn2CC(=O)c1ccc(C#N)cc1. The molecule has 0 radical (unpaired) electrons. The van der Waals surface area contributed by atoms with Crippen LogP contribution >= 0.6 is 0 Å². The molecule has 0 aliphatic carbocycles. The second kappa shape index (κ2) is 9.79. The molecule has 37 heavy (non-hydrogen) atoms. The lowest BCUT2D eigenvalue weighted by atomic mass is 10.1. The van der Waals surface area contributed by atoms with Crippen LogP contribution in [0, 0.1) is 11.3 Å². The number of imidazole rings is 1. The molecule has 0 saturated heterocycles. The van der Waals surface area contributed by atoms with Gasteiger partial charge in [-0.05, 0) is 29.8 Å². The molecule has 0 fully saturated rings. The number of aromatic nitrogens is 4. The highest BCUT2D eigenvalue weighted by atomic mass is 16.5. The number of ketones is 1. The van der Waals surface area contributed by atoms with Gasteiger partial charge in [0.2, 0.25) is 0 Å². The van der Waals surface area contributed by atoms with Gasteiger partial charge in [0.1, 0.15) is 5.75 Å². The molecule has 0 aliphatic heterocycles. The van der Waals surface area contributed by atoms with E-state index in [-0.39, 0.29) is 30.0 Å². The fraction of sp³-hybridized carbons (Fsp3) is 0.107. The topological polar surface area (TPSA) is 112 Å². The van der Waals surface area contributed by atoms with Crippen LogP contribution in [-0.2, 0) is 13.1 Å². The minimum absolute atomic E-state index is 0.0400. The van der Waals surface area contributed by atoms with E-state index in [4.69, 9.17) is 10.00 Å². The van der Waals surface area contributed by atoms with Gasteiger partial charge in [-0.25, -0.2) is 14.3 Å².